The lowest BCUT2D eigenvalue weighted by molar-refractivity contribution is 0.777. The number of benzene rings is 1. The Morgan fingerprint density at radius 2 is 1.83 bits per heavy atom. The third-order valence-corrected chi connectivity index (χ3v) is 4.06. The predicted octanol–water partition coefficient (Wildman–Crippen LogP) is 4.56. The molecule has 1 heterocycles. The first-order chi connectivity index (χ1) is 8.56. The van der Waals surface area contributed by atoms with Crippen LogP contribution in [0.25, 0.3) is 0 Å². The molecule has 0 unspecified atom stereocenters. The largest absolute Gasteiger partial charge is 0.323 e. The highest BCUT2D eigenvalue weighted by molar-refractivity contribution is 7.99. The summed E-state index contributed by atoms with van der Waals surface area (Å²) >= 11 is 13.4. The topological polar surface area (TPSA) is 38.9 Å². The smallest absolute Gasteiger partial charge is 0.0603 e. The lowest BCUT2D eigenvalue weighted by atomic mass is 10.2. The minimum atomic E-state index is -0.0472. The highest BCUT2D eigenvalue weighted by Crippen LogP contribution is 2.32. The highest BCUT2D eigenvalue weighted by atomic mass is 35.5. The van der Waals surface area contributed by atoms with Gasteiger partial charge in [0.2, 0.25) is 0 Å². The Morgan fingerprint density at radius 3 is 2.39 bits per heavy atom. The number of pyridine rings is 1. The van der Waals surface area contributed by atoms with Crippen molar-refractivity contribution in [3.8, 4) is 0 Å². The number of rotatable bonds is 3. The Hall–Kier alpha value is -0.740. The first-order valence-electron chi connectivity index (χ1n) is 5.40. The maximum Gasteiger partial charge on any atom is 0.0603 e. The number of halogens is 2. The van der Waals surface area contributed by atoms with Crippen molar-refractivity contribution >= 4 is 35.0 Å². The van der Waals surface area contributed by atoms with Crippen LogP contribution in [0.4, 0.5) is 0 Å². The Morgan fingerprint density at radius 1 is 1.11 bits per heavy atom. The third kappa shape index (κ3) is 3.39. The van der Waals surface area contributed by atoms with Crippen LogP contribution in [0.15, 0.2) is 46.3 Å². The molecule has 0 saturated heterocycles. The van der Waals surface area contributed by atoms with Gasteiger partial charge in [-0.2, -0.15) is 0 Å². The molecule has 1 atom stereocenters. The molecule has 2 aromatic rings. The summed E-state index contributed by atoms with van der Waals surface area (Å²) in [7, 11) is 0. The van der Waals surface area contributed by atoms with Gasteiger partial charge in [-0.25, -0.2) is 0 Å². The number of aromatic nitrogens is 1. The normalized spacial score (nSPS) is 12.4. The Kier molecular flexibility index (Phi) is 4.51. The zero-order valence-corrected chi connectivity index (χ0v) is 12.1. The van der Waals surface area contributed by atoms with Crippen molar-refractivity contribution in [2.75, 3.05) is 0 Å². The van der Waals surface area contributed by atoms with Crippen LogP contribution in [0.5, 0.6) is 0 Å². The maximum atomic E-state index is 5.97. The second-order valence-corrected chi connectivity index (χ2v) is 5.85. The Labute approximate surface area is 121 Å². The van der Waals surface area contributed by atoms with Crippen LogP contribution in [0.1, 0.15) is 18.7 Å². The summed E-state index contributed by atoms with van der Waals surface area (Å²) < 4.78 is 0. The molecular formula is C13H12Cl2N2S. The number of hydrogen-bond donors (Lipinski definition) is 1. The molecular weight excluding hydrogens is 287 g/mol. The van der Waals surface area contributed by atoms with E-state index in [4.69, 9.17) is 28.9 Å². The summed E-state index contributed by atoms with van der Waals surface area (Å²) in [6, 6.07) is 9.44. The van der Waals surface area contributed by atoms with E-state index in [1.165, 1.54) is 0 Å². The first-order valence-corrected chi connectivity index (χ1v) is 6.98. The van der Waals surface area contributed by atoms with Gasteiger partial charge in [0.25, 0.3) is 0 Å². The van der Waals surface area contributed by atoms with Crippen LogP contribution in [0.2, 0.25) is 10.0 Å². The summed E-state index contributed by atoms with van der Waals surface area (Å²) in [5.41, 5.74) is 6.63. The lowest BCUT2D eigenvalue weighted by Crippen LogP contribution is -2.06. The van der Waals surface area contributed by atoms with Gasteiger partial charge in [-0.15, -0.1) is 0 Å². The molecule has 0 saturated carbocycles. The molecule has 0 aliphatic carbocycles. The minimum absolute atomic E-state index is 0.0472. The van der Waals surface area contributed by atoms with E-state index >= 15 is 0 Å². The van der Waals surface area contributed by atoms with Gasteiger partial charge in [-0.3, -0.25) is 4.98 Å². The average molecular weight is 299 g/mol. The van der Waals surface area contributed by atoms with Crippen molar-refractivity contribution in [2.24, 2.45) is 5.73 Å². The second kappa shape index (κ2) is 5.93. The summed E-state index contributed by atoms with van der Waals surface area (Å²) in [5.74, 6) is 0. The van der Waals surface area contributed by atoms with Crippen LogP contribution < -0.4 is 5.73 Å². The Balaban J connectivity index is 2.15. The van der Waals surface area contributed by atoms with Gasteiger partial charge in [0, 0.05) is 22.0 Å². The van der Waals surface area contributed by atoms with Crippen molar-refractivity contribution in [3.63, 3.8) is 0 Å². The molecule has 94 valence electrons. The zero-order chi connectivity index (χ0) is 13.1. The zero-order valence-electron chi connectivity index (χ0n) is 9.73. The molecule has 2 N–H and O–H groups in total. The average Bonchev–Trinajstić information content (AvgIpc) is 2.34. The van der Waals surface area contributed by atoms with Gasteiger partial charge in [0.1, 0.15) is 0 Å². The second-order valence-electron chi connectivity index (χ2n) is 3.89. The molecule has 0 aliphatic rings. The van der Waals surface area contributed by atoms with E-state index in [9.17, 15) is 0 Å². The number of nitrogens with two attached hydrogens (primary N) is 1. The van der Waals surface area contributed by atoms with E-state index in [-0.39, 0.29) is 6.04 Å². The number of hydrogen-bond acceptors (Lipinski definition) is 3. The first kappa shape index (κ1) is 13.7. The van der Waals surface area contributed by atoms with Crippen LogP contribution in [0.3, 0.4) is 0 Å². The molecule has 18 heavy (non-hydrogen) atoms. The quantitative estimate of drug-likeness (QED) is 0.903. The molecule has 0 amide bonds. The van der Waals surface area contributed by atoms with E-state index in [2.05, 4.69) is 4.98 Å². The fraction of sp³-hybridized carbons (Fsp3) is 0.154. The van der Waals surface area contributed by atoms with E-state index in [0.717, 1.165) is 15.5 Å². The van der Waals surface area contributed by atoms with Gasteiger partial charge < -0.3 is 5.73 Å². The molecule has 5 heteroatoms. The fourth-order valence-electron chi connectivity index (χ4n) is 1.40. The summed E-state index contributed by atoms with van der Waals surface area (Å²) in [4.78, 5) is 6.38. The van der Waals surface area contributed by atoms with E-state index in [1.807, 2.05) is 37.4 Å². The molecule has 0 spiro atoms. The molecule has 0 aliphatic heterocycles. The van der Waals surface area contributed by atoms with Crippen LogP contribution in [0, 0.1) is 0 Å². The molecule has 1 aromatic carbocycles. The molecule has 0 fully saturated rings. The van der Waals surface area contributed by atoms with E-state index in [0.29, 0.717) is 10.0 Å². The summed E-state index contributed by atoms with van der Waals surface area (Å²) in [6.07, 6.45) is 1.81. The molecule has 2 nitrogen and oxygen atoms in total. The fourth-order valence-corrected chi connectivity index (χ4v) is 2.59. The maximum absolute atomic E-state index is 5.97. The molecule has 0 radical (unpaired) electrons. The van der Waals surface area contributed by atoms with Crippen molar-refractivity contribution in [1.82, 2.24) is 4.98 Å². The molecule has 0 bridgehead atoms. The van der Waals surface area contributed by atoms with Crippen molar-refractivity contribution in [1.29, 1.82) is 0 Å². The van der Waals surface area contributed by atoms with Crippen molar-refractivity contribution in [3.05, 3.63) is 52.3 Å². The Bertz CT molecular complexity index is 541. The minimum Gasteiger partial charge on any atom is -0.323 e. The van der Waals surface area contributed by atoms with Gasteiger partial charge in [0.15, 0.2) is 0 Å². The summed E-state index contributed by atoms with van der Waals surface area (Å²) in [6.45, 7) is 1.91. The highest BCUT2D eigenvalue weighted by Gasteiger charge is 2.04. The van der Waals surface area contributed by atoms with Gasteiger partial charge in [-0.1, -0.05) is 35.0 Å². The van der Waals surface area contributed by atoms with Crippen LogP contribution >= 0.6 is 35.0 Å². The van der Waals surface area contributed by atoms with E-state index < -0.39 is 0 Å². The van der Waals surface area contributed by atoms with Crippen molar-refractivity contribution < 1.29 is 0 Å². The monoisotopic (exact) mass is 298 g/mol. The molecule has 1 aromatic heterocycles. The van der Waals surface area contributed by atoms with Gasteiger partial charge in [0.05, 0.1) is 15.7 Å². The van der Waals surface area contributed by atoms with Gasteiger partial charge in [-0.05, 0) is 37.3 Å². The summed E-state index contributed by atoms with van der Waals surface area (Å²) in [5, 5.41) is 1.12. The van der Waals surface area contributed by atoms with Crippen LogP contribution in [-0.4, -0.2) is 4.98 Å². The molecule has 2 rings (SSSR count). The van der Waals surface area contributed by atoms with Crippen molar-refractivity contribution in [2.45, 2.75) is 22.8 Å². The third-order valence-electron chi connectivity index (χ3n) is 2.35. The lowest BCUT2D eigenvalue weighted by Gasteiger charge is -2.06. The SMILES string of the molecule is C[C@H](N)c1ccc(Sc2ccc(Cl)c(Cl)c2)cn1. The van der Waals surface area contributed by atoms with E-state index in [1.54, 1.807) is 17.8 Å². The standard InChI is InChI=1S/C13H12Cl2N2S/c1-8(16)13-5-3-10(7-17-13)18-9-2-4-11(14)12(15)6-9/h2-8H,16H2,1H3/t8-/m0/s1. The predicted molar refractivity (Wildman–Crippen MR) is 77.4 cm³/mol. The van der Waals surface area contributed by atoms with Gasteiger partial charge >= 0.3 is 0 Å². The van der Waals surface area contributed by atoms with Crippen LogP contribution in [-0.2, 0) is 0 Å². The number of nitrogens with zero attached hydrogens (tertiary/aromatic N) is 1.